The van der Waals surface area contributed by atoms with E-state index in [0.29, 0.717) is 35.5 Å². The molecule has 0 saturated heterocycles. The third kappa shape index (κ3) is 5.42. The van der Waals surface area contributed by atoms with Gasteiger partial charge in [0.25, 0.3) is 5.91 Å². The molecule has 37 heavy (non-hydrogen) atoms. The first kappa shape index (κ1) is 26.5. The van der Waals surface area contributed by atoms with Crippen molar-refractivity contribution in [2.75, 3.05) is 11.9 Å². The first-order chi connectivity index (χ1) is 17.4. The quantitative estimate of drug-likeness (QED) is 0.472. The molecule has 0 aromatic heterocycles. The SMILES string of the molecule is Cc1cc(C)c(NC(=O)COc2ccc(Br)cc2C2C(C#N)=C(N)OC3=C2C(=O)CC(C)(C)C3)c(C)c1. The summed E-state index contributed by atoms with van der Waals surface area (Å²) in [5.41, 5.74) is 10.8. The van der Waals surface area contributed by atoms with E-state index in [0.717, 1.165) is 26.9 Å². The van der Waals surface area contributed by atoms with E-state index in [1.165, 1.54) is 0 Å². The molecule has 1 amide bonds. The van der Waals surface area contributed by atoms with Crippen LogP contribution in [0.5, 0.6) is 5.75 Å². The van der Waals surface area contributed by atoms with E-state index in [4.69, 9.17) is 15.2 Å². The fourth-order valence-corrected chi connectivity index (χ4v) is 5.55. The highest BCUT2D eigenvalue weighted by atomic mass is 79.9. The Kier molecular flexibility index (Phi) is 7.20. The Balaban J connectivity index is 1.68. The van der Waals surface area contributed by atoms with Gasteiger partial charge in [0.05, 0.1) is 5.92 Å². The number of nitrogens with two attached hydrogens (primary N) is 1. The van der Waals surface area contributed by atoms with Crippen LogP contribution in [-0.4, -0.2) is 18.3 Å². The number of carbonyl (C=O) groups excluding carboxylic acids is 2. The minimum absolute atomic E-state index is 0.0225. The second-order valence-electron chi connectivity index (χ2n) is 10.5. The predicted molar refractivity (Wildman–Crippen MR) is 145 cm³/mol. The first-order valence-electron chi connectivity index (χ1n) is 12.0. The van der Waals surface area contributed by atoms with Crippen molar-refractivity contribution < 1.29 is 19.1 Å². The number of nitriles is 1. The molecular formula is C29H30BrN3O4. The van der Waals surface area contributed by atoms with Gasteiger partial charge in [-0.05, 0) is 55.5 Å². The van der Waals surface area contributed by atoms with Crippen LogP contribution in [0.2, 0.25) is 0 Å². The number of allylic oxidation sites excluding steroid dienone is 3. The zero-order chi connectivity index (χ0) is 27.1. The van der Waals surface area contributed by atoms with Crippen molar-refractivity contribution in [3.8, 4) is 11.8 Å². The van der Waals surface area contributed by atoms with Crippen molar-refractivity contribution in [2.24, 2.45) is 11.1 Å². The molecule has 1 atom stereocenters. The van der Waals surface area contributed by atoms with Gasteiger partial charge in [-0.2, -0.15) is 5.26 Å². The summed E-state index contributed by atoms with van der Waals surface area (Å²) < 4.78 is 12.5. The Morgan fingerprint density at radius 1 is 1.22 bits per heavy atom. The molecule has 8 heteroatoms. The minimum Gasteiger partial charge on any atom is -0.483 e. The van der Waals surface area contributed by atoms with Crippen LogP contribution in [0.25, 0.3) is 0 Å². The van der Waals surface area contributed by atoms with Crippen molar-refractivity contribution >= 4 is 33.3 Å². The molecule has 2 aromatic rings. The maximum Gasteiger partial charge on any atom is 0.262 e. The van der Waals surface area contributed by atoms with E-state index in [1.807, 2.05) is 46.8 Å². The van der Waals surface area contributed by atoms with Crippen LogP contribution in [0.3, 0.4) is 0 Å². The van der Waals surface area contributed by atoms with Crippen molar-refractivity contribution in [1.29, 1.82) is 5.26 Å². The van der Waals surface area contributed by atoms with Crippen molar-refractivity contribution in [3.63, 3.8) is 0 Å². The maximum atomic E-state index is 13.3. The summed E-state index contributed by atoms with van der Waals surface area (Å²) in [5.74, 6) is -0.322. The van der Waals surface area contributed by atoms with Gasteiger partial charge in [-0.1, -0.05) is 47.5 Å². The molecule has 1 heterocycles. The first-order valence-corrected chi connectivity index (χ1v) is 12.8. The number of hydrogen-bond donors (Lipinski definition) is 2. The minimum atomic E-state index is -0.755. The molecule has 2 aliphatic rings. The number of halogens is 1. The number of aryl methyl sites for hydroxylation is 3. The zero-order valence-corrected chi connectivity index (χ0v) is 23.2. The highest BCUT2D eigenvalue weighted by Crippen LogP contribution is 2.49. The average molecular weight is 564 g/mol. The van der Waals surface area contributed by atoms with Gasteiger partial charge in [0.15, 0.2) is 12.4 Å². The summed E-state index contributed by atoms with van der Waals surface area (Å²) >= 11 is 3.49. The fourth-order valence-electron chi connectivity index (χ4n) is 5.17. The van der Waals surface area contributed by atoms with E-state index in [1.54, 1.807) is 18.2 Å². The Bertz CT molecular complexity index is 1390. The van der Waals surface area contributed by atoms with Gasteiger partial charge in [-0.25, -0.2) is 0 Å². The number of rotatable bonds is 5. The van der Waals surface area contributed by atoms with E-state index in [2.05, 4.69) is 27.3 Å². The molecule has 0 spiro atoms. The summed E-state index contributed by atoms with van der Waals surface area (Å²) in [6, 6.07) is 11.4. The van der Waals surface area contributed by atoms with Crippen LogP contribution in [0.1, 0.15) is 54.9 Å². The van der Waals surface area contributed by atoms with E-state index >= 15 is 0 Å². The van der Waals surface area contributed by atoms with E-state index < -0.39 is 5.92 Å². The van der Waals surface area contributed by atoms with Gasteiger partial charge in [0.1, 0.15) is 23.2 Å². The Hall–Kier alpha value is -3.57. The number of nitrogens with zero attached hydrogens (tertiary/aromatic N) is 1. The molecule has 1 unspecified atom stereocenters. The molecule has 1 aliphatic carbocycles. The Morgan fingerprint density at radius 3 is 2.54 bits per heavy atom. The Labute approximate surface area is 225 Å². The smallest absolute Gasteiger partial charge is 0.262 e. The zero-order valence-electron chi connectivity index (χ0n) is 21.6. The highest BCUT2D eigenvalue weighted by molar-refractivity contribution is 9.10. The number of nitrogens with one attached hydrogen (secondary N) is 1. The summed E-state index contributed by atoms with van der Waals surface area (Å²) in [4.78, 5) is 26.2. The van der Waals surface area contributed by atoms with Gasteiger partial charge in [0.2, 0.25) is 5.88 Å². The number of benzene rings is 2. The second kappa shape index (κ2) is 10.1. The molecule has 0 saturated carbocycles. The van der Waals surface area contributed by atoms with Gasteiger partial charge < -0.3 is 20.5 Å². The number of amides is 1. The molecule has 0 bridgehead atoms. The third-order valence-electron chi connectivity index (χ3n) is 6.66. The fraction of sp³-hybridized carbons (Fsp3) is 0.345. The number of Topliss-reactive ketones (excluding diaryl/α,β-unsaturated/α-hetero) is 1. The molecule has 192 valence electrons. The molecule has 4 rings (SSSR count). The molecule has 3 N–H and O–H groups in total. The lowest BCUT2D eigenvalue weighted by Gasteiger charge is -2.37. The lowest BCUT2D eigenvalue weighted by atomic mass is 9.70. The second-order valence-corrected chi connectivity index (χ2v) is 11.4. The monoisotopic (exact) mass is 563 g/mol. The number of hydrogen-bond acceptors (Lipinski definition) is 6. The standard InChI is InChI=1S/C29H30BrN3O4/c1-15-8-16(2)27(17(3)9-15)33-24(35)14-36-22-7-6-18(30)10-19(22)25-20(13-31)28(32)37-23-12-29(4,5)11-21(34)26(23)25/h6-10,25H,11-12,14,32H2,1-5H3,(H,33,35). The highest BCUT2D eigenvalue weighted by Gasteiger charge is 2.43. The summed E-state index contributed by atoms with van der Waals surface area (Å²) in [6.07, 6.45) is 0.845. The number of carbonyl (C=O) groups is 2. The number of anilines is 1. The van der Waals surface area contributed by atoms with Crippen LogP contribution in [-0.2, 0) is 14.3 Å². The van der Waals surface area contributed by atoms with Crippen molar-refractivity contribution in [3.05, 3.63) is 79.8 Å². The largest absolute Gasteiger partial charge is 0.483 e. The lowest BCUT2D eigenvalue weighted by Crippen LogP contribution is -2.33. The Morgan fingerprint density at radius 2 is 1.89 bits per heavy atom. The summed E-state index contributed by atoms with van der Waals surface area (Å²) in [7, 11) is 0. The molecule has 0 fully saturated rings. The van der Waals surface area contributed by atoms with Gasteiger partial charge in [0, 0.05) is 34.1 Å². The number of ether oxygens (including phenoxy) is 2. The van der Waals surface area contributed by atoms with Crippen LogP contribution in [0.15, 0.2) is 57.6 Å². The van der Waals surface area contributed by atoms with E-state index in [9.17, 15) is 14.9 Å². The van der Waals surface area contributed by atoms with Crippen molar-refractivity contribution in [1.82, 2.24) is 0 Å². The molecule has 7 nitrogen and oxygen atoms in total. The van der Waals surface area contributed by atoms with E-state index in [-0.39, 0.29) is 35.2 Å². The van der Waals surface area contributed by atoms with Gasteiger partial charge in [-0.3, -0.25) is 9.59 Å². The molecule has 0 radical (unpaired) electrons. The summed E-state index contributed by atoms with van der Waals surface area (Å²) in [6.45, 7) is 9.64. The maximum absolute atomic E-state index is 13.3. The molecule has 1 aliphatic heterocycles. The van der Waals surface area contributed by atoms with Crippen LogP contribution in [0.4, 0.5) is 5.69 Å². The summed E-state index contributed by atoms with van der Waals surface area (Å²) in [5, 5.41) is 12.9. The van der Waals surface area contributed by atoms with Gasteiger partial charge >= 0.3 is 0 Å². The average Bonchev–Trinajstić information content (AvgIpc) is 2.78. The normalized spacial score (nSPS) is 18.6. The molecule has 2 aromatic carbocycles. The van der Waals surface area contributed by atoms with Crippen LogP contribution in [0, 0.1) is 37.5 Å². The molecular weight excluding hydrogens is 534 g/mol. The predicted octanol–water partition coefficient (Wildman–Crippen LogP) is 5.84. The topological polar surface area (TPSA) is 114 Å². The van der Waals surface area contributed by atoms with Crippen LogP contribution < -0.4 is 15.8 Å². The van der Waals surface area contributed by atoms with Crippen molar-refractivity contribution in [2.45, 2.75) is 53.4 Å². The lowest BCUT2D eigenvalue weighted by molar-refractivity contribution is -0.119. The third-order valence-corrected chi connectivity index (χ3v) is 7.15. The van der Waals surface area contributed by atoms with Gasteiger partial charge in [-0.15, -0.1) is 0 Å². The number of ketones is 1. The van der Waals surface area contributed by atoms with Crippen LogP contribution >= 0.6 is 15.9 Å².